The third-order valence-electron chi connectivity index (χ3n) is 5.44. The summed E-state index contributed by atoms with van der Waals surface area (Å²) in [5.74, 6) is 0.489. The van der Waals surface area contributed by atoms with Gasteiger partial charge in [0, 0.05) is 25.6 Å². The summed E-state index contributed by atoms with van der Waals surface area (Å²) in [5, 5.41) is 22.6. The number of oxazole rings is 1. The third kappa shape index (κ3) is 7.14. The van der Waals surface area contributed by atoms with E-state index in [1.165, 1.54) is 22.7 Å². The highest BCUT2D eigenvalue weighted by molar-refractivity contribution is 7.89. The fourth-order valence-electron chi connectivity index (χ4n) is 3.77. The number of benzene rings is 2. The summed E-state index contributed by atoms with van der Waals surface area (Å²) in [5.41, 5.74) is 2.14. The Balaban J connectivity index is 1.83. The Hall–Kier alpha value is -3.21. The highest BCUT2D eigenvalue weighted by Crippen LogP contribution is 2.24. The summed E-state index contributed by atoms with van der Waals surface area (Å²) < 4.78 is 33.4. The lowest BCUT2D eigenvalue weighted by atomic mass is 10.0. The molecule has 1 amide bonds. The van der Waals surface area contributed by atoms with Crippen molar-refractivity contribution in [1.82, 2.24) is 14.6 Å². The smallest absolute Gasteiger partial charge is 0.404 e. The monoisotopic (exact) mass is 501 g/mol. The van der Waals surface area contributed by atoms with Gasteiger partial charge >= 0.3 is 6.09 Å². The molecular formula is C25H31N3O6S. The number of aliphatic hydroxyl groups is 1. The van der Waals surface area contributed by atoms with Gasteiger partial charge in [0.1, 0.15) is 12.0 Å². The topological polar surface area (TPSA) is 133 Å². The van der Waals surface area contributed by atoms with Crippen LogP contribution in [0.2, 0.25) is 0 Å². The number of nitrogens with one attached hydrogen (secondary N) is 1. The summed E-state index contributed by atoms with van der Waals surface area (Å²) in [7, 11) is -3.97. The quantitative estimate of drug-likeness (QED) is 0.366. The Kier molecular flexibility index (Phi) is 8.66. The van der Waals surface area contributed by atoms with Crippen LogP contribution in [0.25, 0.3) is 11.3 Å². The maximum Gasteiger partial charge on any atom is 0.404 e. The Morgan fingerprint density at radius 3 is 2.29 bits per heavy atom. The molecule has 9 nitrogen and oxygen atoms in total. The van der Waals surface area contributed by atoms with Gasteiger partial charge in [0.15, 0.2) is 5.89 Å². The molecule has 3 aromatic rings. The van der Waals surface area contributed by atoms with E-state index in [2.05, 4.69) is 10.3 Å². The molecule has 2 atom stereocenters. The van der Waals surface area contributed by atoms with Gasteiger partial charge in [-0.15, -0.1) is 0 Å². The van der Waals surface area contributed by atoms with Gasteiger partial charge in [0.25, 0.3) is 0 Å². The second-order valence-corrected chi connectivity index (χ2v) is 10.7. The van der Waals surface area contributed by atoms with E-state index >= 15 is 0 Å². The van der Waals surface area contributed by atoms with Crippen molar-refractivity contribution in [1.29, 1.82) is 0 Å². The number of aromatic nitrogens is 1. The first-order valence-electron chi connectivity index (χ1n) is 11.3. The fraction of sp³-hybridized carbons (Fsp3) is 0.360. The minimum absolute atomic E-state index is 0.0191. The Morgan fingerprint density at radius 2 is 1.74 bits per heavy atom. The maximum atomic E-state index is 13.5. The van der Waals surface area contributed by atoms with Crippen LogP contribution in [-0.2, 0) is 16.4 Å². The highest BCUT2D eigenvalue weighted by atomic mass is 32.2. The Morgan fingerprint density at radius 1 is 1.09 bits per heavy atom. The van der Waals surface area contributed by atoms with Gasteiger partial charge in [-0.05, 0) is 30.0 Å². The van der Waals surface area contributed by atoms with Gasteiger partial charge in [-0.1, -0.05) is 56.3 Å². The number of amides is 1. The van der Waals surface area contributed by atoms with Crippen LogP contribution in [0.3, 0.4) is 0 Å². The van der Waals surface area contributed by atoms with Crippen LogP contribution in [0.15, 0.2) is 70.2 Å². The summed E-state index contributed by atoms with van der Waals surface area (Å²) >= 11 is 0. The van der Waals surface area contributed by atoms with E-state index in [0.717, 1.165) is 5.56 Å². The van der Waals surface area contributed by atoms with Crippen molar-refractivity contribution in [2.75, 3.05) is 13.1 Å². The van der Waals surface area contributed by atoms with E-state index in [-0.39, 0.29) is 30.3 Å². The molecule has 188 valence electrons. The molecule has 0 unspecified atom stereocenters. The van der Waals surface area contributed by atoms with E-state index in [1.807, 2.05) is 44.2 Å². The zero-order chi connectivity index (χ0) is 25.6. The fourth-order valence-corrected chi connectivity index (χ4v) is 5.39. The standard InChI is InChI=1S/C25H31N3O6S/c1-17(2)14-28(15-24(29)22(27-25(30)31)13-19-7-5-4-6-8-19)35(32,33)21-11-9-20(10-12-21)23-16-34-18(3)26-23/h4-12,16-17,22,24,27,29H,13-15H2,1-3H3,(H,30,31)/t22-,24-/m0/s1. The number of carbonyl (C=O) groups is 1. The van der Waals surface area contributed by atoms with Crippen molar-refractivity contribution < 1.29 is 27.8 Å². The lowest BCUT2D eigenvalue weighted by Crippen LogP contribution is -2.50. The van der Waals surface area contributed by atoms with Crippen LogP contribution in [0.1, 0.15) is 25.3 Å². The maximum absolute atomic E-state index is 13.5. The molecule has 0 bridgehead atoms. The van der Waals surface area contributed by atoms with Gasteiger partial charge in [0.05, 0.1) is 17.0 Å². The molecule has 0 fully saturated rings. The number of hydrogen-bond acceptors (Lipinski definition) is 6. The minimum Gasteiger partial charge on any atom is -0.465 e. The molecule has 35 heavy (non-hydrogen) atoms. The van der Waals surface area contributed by atoms with E-state index < -0.39 is 28.3 Å². The molecular weight excluding hydrogens is 470 g/mol. The normalized spacial score (nSPS) is 13.7. The lowest BCUT2D eigenvalue weighted by Gasteiger charge is -2.30. The van der Waals surface area contributed by atoms with Crippen LogP contribution in [0, 0.1) is 12.8 Å². The molecule has 10 heteroatoms. The van der Waals surface area contributed by atoms with Crippen molar-refractivity contribution in [3.8, 4) is 11.3 Å². The third-order valence-corrected chi connectivity index (χ3v) is 7.28. The SMILES string of the molecule is Cc1nc(-c2ccc(S(=O)(=O)N(CC(C)C)C[C@H](O)[C@H](Cc3ccccc3)NC(=O)O)cc2)co1. The second kappa shape index (κ2) is 11.5. The molecule has 1 heterocycles. The van der Waals surface area contributed by atoms with Gasteiger partial charge in [-0.2, -0.15) is 4.31 Å². The second-order valence-electron chi connectivity index (χ2n) is 8.81. The summed E-state index contributed by atoms with van der Waals surface area (Å²) in [6, 6.07) is 14.5. The Labute approximate surface area is 205 Å². The van der Waals surface area contributed by atoms with Gasteiger partial charge in [0.2, 0.25) is 10.0 Å². The molecule has 3 rings (SSSR count). The molecule has 0 spiro atoms. The summed E-state index contributed by atoms with van der Waals surface area (Å²) in [6.07, 6.45) is -0.836. The van der Waals surface area contributed by atoms with Crippen LogP contribution >= 0.6 is 0 Å². The van der Waals surface area contributed by atoms with Crippen molar-refractivity contribution in [3.05, 3.63) is 72.3 Å². The first kappa shape index (κ1) is 26.4. The lowest BCUT2D eigenvalue weighted by molar-refractivity contribution is 0.0980. The van der Waals surface area contributed by atoms with E-state index in [9.17, 15) is 23.4 Å². The number of hydrogen-bond donors (Lipinski definition) is 3. The largest absolute Gasteiger partial charge is 0.465 e. The first-order chi connectivity index (χ1) is 16.6. The zero-order valence-electron chi connectivity index (χ0n) is 20.0. The molecule has 1 aromatic heterocycles. The average Bonchev–Trinajstić information content (AvgIpc) is 3.24. The van der Waals surface area contributed by atoms with Crippen molar-refractivity contribution in [3.63, 3.8) is 0 Å². The molecule has 2 aromatic carbocycles. The number of carboxylic acid groups (broad SMARTS) is 1. The highest BCUT2D eigenvalue weighted by Gasteiger charge is 2.31. The molecule has 0 radical (unpaired) electrons. The molecule has 0 aliphatic heterocycles. The van der Waals surface area contributed by atoms with Crippen LogP contribution in [-0.4, -0.2) is 59.2 Å². The zero-order valence-corrected chi connectivity index (χ0v) is 20.8. The number of sulfonamides is 1. The number of aryl methyl sites for hydroxylation is 1. The minimum atomic E-state index is -3.97. The van der Waals surface area contributed by atoms with E-state index in [4.69, 9.17) is 4.42 Å². The van der Waals surface area contributed by atoms with Crippen molar-refractivity contribution in [2.24, 2.45) is 5.92 Å². The molecule has 0 aliphatic rings. The van der Waals surface area contributed by atoms with Gasteiger partial charge in [-0.3, -0.25) is 0 Å². The van der Waals surface area contributed by atoms with E-state index in [0.29, 0.717) is 17.1 Å². The molecule has 3 N–H and O–H groups in total. The van der Waals surface area contributed by atoms with Crippen molar-refractivity contribution in [2.45, 2.75) is 44.2 Å². The number of rotatable bonds is 11. The van der Waals surface area contributed by atoms with Gasteiger partial charge < -0.3 is 19.9 Å². The van der Waals surface area contributed by atoms with Crippen molar-refractivity contribution >= 4 is 16.1 Å². The molecule has 0 saturated carbocycles. The predicted octanol–water partition coefficient (Wildman–Crippen LogP) is 3.54. The van der Waals surface area contributed by atoms with E-state index in [1.54, 1.807) is 19.1 Å². The molecule has 0 aliphatic carbocycles. The number of aliphatic hydroxyl groups excluding tert-OH is 1. The predicted molar refractivity (Wildman–Crippen MR) is 131 cm³/mol. The number of nitrogens with zero attached hydrogens (tertiary/aromatic N) is 2. The van der Waals surface area contributed by atoms with Crippen LogP contribution in [0.4, 0.5) is 4.79 Å². The molecule has 0 saturated heterocycles. The Bertz CT molecular complexity index is 1210. The van der Waals surface area contributed by atoms with Gasteiger partial charge in [-0.25, -0.2) is 18.2 Å². The first-order valence-corrected chi connectivity index (χ1v) is 12.7. The summed E-state index contributed by atoms with van der Waals surface area (Å²) in [6.45, 7) is 5.38. The summed E-state index contributed by atoms with van der Waals surface area (Å²) in [4.78, 5) is 15.7. The van der Waals surface area contributed by atoms with Crippen LogP contribution in [0.5, 0.6) is 0 Å². The average molecular weight is 502 g/mol. The van der Waals surface area contributed by atoms with Crippen LogP contribution < -0.4 is 5.32 Å².